The summed E-state index contributed by atoms with van der Waals surface area (Å²) < 4.78 is 5.15. The molecule has 3 aromatic rings. The summed E-state index contributed by atoms with van der Waals surface area (Å²) in [6, 6.07) is 13.9. The van der Waals surface area contributed by atoms with Crippen LogP contribution in [0.1, 0.15) is 46.9 Å². The Balaban J connectivity index is 1.71. The van der Waals surface area contributed by atoms with Gasteiger partial charge in [-0.15, -0.1) is 0 Å². The number of H-pyrrole nitrogens is 1. The number of aromatic amines is 1. The van der Waals surface area contributed by atoms with Crippen molar-refractivity contribution in [3.8, 4) is 11.3 Å². The Morgan fingerprint density at radius 2 is 2.03 bits per heavy atom. The lowest BCUT2D eigenvalue weighted by atomic mass is 9.90. The van der Waals surface area contributed by atoms with E-state index in [1.165, 1.54) is 0 Å². The number of carbonyl (C=O) groups excluding carboxylic acids is 2. The number of aryl methyl sites for hydroxylation is 1. The molecule has 2 aromatic heterocycles. The normalized spacial score (nSPS) is 13.2. The molecule has 1 amide bonds. The second kappa shape index (κ2) is 9.05. The molecule has 0 spiro atoms. The van der Waals surface area contributed by atoms with Gasteiger partial charge in [-0.25, -0.2) is 4.98 Å². The average molecular weight is 403 g/mol. The lowest BCUT2D eigenvalue weighted by Crippen LogP contribution is -2.18. The molecule has 0 fully saturated rings. The van der Waals surface area contributed by atoms with Crippen LogP contribution in [0.2, 0.25) is 0 Å². The molecule has 0 unspecified atom stereocenters. The van der Waals surface area contributed by atoms with E-state index in [2.05, 4.69) is 27.4 Å². The zero-order valence-electron chi connectivity index (χ0n) is 17.0. The highest BCUT2D eigenvalue weighted by Crippen LogP contribution is 2.35. The van der Waals surface area contributed by atoms with Crippen molar-refractivity contribution in [2.45, 2.75) is 32.6 Å². The van der Waals surface area contributed by atoms with E-state index in [1.807, 2.05) is 37.3 Å². The standard InChI is InChI=1S/C24H25N3O3/c1-2-30-15-22(29)27-21-14-17(11-12-25-21)24-18(13-16-7-4-3-5-8-16)23-19(26-24)9-6-10-20(23)28/h3-5,7-8,11-12,14,26H,2,6,9-10,13,15H2,1H3,(H,25,27,29). The van der Waals surface area contributed by atoms with Gasteiger partial charge in [-0.1, -0.05) is 30.3 Å². The molecule has 1 aliphatic carbocycles. The van der Waals surface area contributed by atoms with Crippen LogP contribution in [0.5, 0.6) is 0 Å². The van der Waals surface area contributed by atoms with E-state index in [0.29, 0.717) is 25.3 Å². The molecule has 4 rings (SSSR count). The Bertz CT molecular complexity index is 1060. The number of nitrogens with zero attached hydrogens (tertiary/aromatic N) is 1. The van der Waals surface area contributed by atoms with Gasteiger partial charge in [0, 0.05) is 42.5 Å². The SMILES string of the molecule is CCOCC(=O)Nc1cc(-c2[nH]c3c(c2Cc2ccccc2)C(=O)CCC3)ccn1. The monoisotopic (exact) mass is 403 g/mol. The second-order valence-electron chi connectivity index (χ2n) is 7.39. The summed E-state index contributed by atoms with van der Waals surface area (Å²) in [5.41, 5.74) is 5.81. The van der Waals surface area contributed by atoms with E-state index < -0.39 is 0 Å². The maximum absolute atomic E-state index is 12.8. The molecule has 0 aliphatic heterocycles. The van der Waals surface area contributed by atoms with Gasteiger partial charge in [0.05, 0.1) is 5.69 Å². The molecule has 1 aromatic carbocycles. The highest BCUT2D eigenvalue weighted by molar-refractivity contribution is 6.01. The maximum atomic E-state index is 12.8. The lowest BCUT2D eigenvalue weighted by Gasteiger charge is -2.12. The number of rotatable bonds is 7. The second-order valence-corrected chi connectivity index (χ2v) is 7.39. The molecule has 6 heteroatoms. The van der Waals surface area contributed by atoms with Gasteiger partial charge in [-0.05, 0) is 43.0 Å². The fourth-order valence-corrected chi connectivity index (χ4v) is 3.92. The van der Waals surface area contributed by atoms with Crippen LogP contribution in [0.3, 0.4) is 0 Å². The number of Topliss-reactive ketones (excluding diaryl/α,β-unsaturated/α-hetero) is 1. The Morgan fingerprint density at radius 3 is 2.83 bits per heavy atom. The molecule has 2 N–H and O–H groups in total. The first-order chi connectivity index (χ1) is 14.7. The summed E-state index contributed by atoms with van der Waals surface area (Å²) in [6.45, 7) is 2.31. The van der Waals surface area contributed by atoms with E-state index in [1.54, 1.807) is 6.20 Å². The number of aromatic nitrogens is 2. The van der Waals surface area contributed by atoms with Crippen LogP contribution in [0.25, 0.3) is 11.3 Å². The average Bonchev–Trinajstić information content (AvgIpc) is 3.13. The van der Waals surface area contributed by atoms with Gasteiger partial charge in [0.1, 0.15) is 12.4 Å². The first-order valence-corrected chi connectivity index (χ1v) is 10.3. The number of benzene rings is 1. The minimum atomic E-state index is -0.244. The number of ether oxygens (including phenoxy) is 1. The molecule has 1 aliphatic rings. The van der Waals surface area contributed by atoms with Crippen LogP contribution >= 0.6 is 0 Å². The zero-order chi connectivity index (χ0) is 20.9. The fraction of sp³-hybridized carbons (Fsp3) is 0.292. The Morgan fingerprint density at radius 1 is 1.20 bits per heavy atom. The number of nitrogens with one attached hydrogen (secondary N) is 2. The number of pyridine rings is 1. The van der Waals surface area contributed by atoms with Crippen LogP contribution in [-0.4, -0.2) is 34.9 Å². The zero-order valence-corrected chi connectivity index (χ0v) is 17.0. The largest absolute Gasteiger partial charge is 0.372 e. The molecular formula is C24H25N3O3. The maximum Gasteiger partial charge on any atom is 0.251 e. The summed E-state index contributed by atoms with van der Waals surface area (Å²) >= 11 is 0. The van der Waals surface area contributed by atoms with Crippen LogP contribution < -0.4 is 5.32 Å². The number of carbonyl (C=O) groups is 2. The third kappa shape index (κ3) is 4.33. The fourth-order valence-electron chi connectivity index (χ4n) is 3.92. The summed E-state index contributed by atoms with van der Waals surface area (Å²) in [7, 11) is 0. The van der Waals surface area contributed by atoms with Crippen LogP contribution in [0.4, 0.5) is 5.82 Å². The van der Waals surface area contributed by atoms with Gasteiger partial charge >= 0.3 is 0 Å². The Labute approximate surface area is 175 Å². The first-order valence-electron chi connectivity index (χ1n) is 10.3. The Hall–Kier alpha value is -3.25. The minimum absolute atomic E-state index is 0.00698. The molecule has 0 bridgehead atoms. The van der Waals surface area contributed by atoms with Crippen LogP contribution in [0.15, 0.2) is 48.7 Å². The van der Waals surface area contributed by atoms with Gasteiger partial charge in [0.15, 0.2) is 5.78 Å². The molecular weight excluding hydrogens is 378 g/mol. The van der Waals surface area contributed by atoms with Gasteiger partial charge in [0.25, 0.3) is 5.91 Å². The highest BCUT2D eigenvalue weighted by atomic mass is 16.5. The van der Waals surface area contributed by atoms with Crippen LogP contribution in [-0.2, 0) is 22.4 Å². The van der Waals surface area contributed by atoms with Crippen LogP contribution in [0, 0.1) is 0 Å². The smallest absolute Gasteiger partial charge is 0.251 e. The molecule has 0 radical (unpaired) electrons. The molecule has 0 atom stereocenters. The van der Waals surface area contributed by atoms with E-state index in [4.69, 9.17) is 4.74 Å². The predicted molar refractivity (Wildman–Crippen MR) is 116 cm³/mol. The summed E-state index contributed by atoms with van der Waals surface area (Å²) in [5, 5.41) is 2.77. The van der Waals surface area contributed by atoms with Crippen molar-refractivity contribution in [3.63, 3.8) is 0 Å². The lowest BCUT2D eigenvalue weighted by molar-refractivity contribution is -0.120. The van der Waals surface area contributed by atoms with Gasteiger partial charge in [0.2, 0.25) is 0 Å². The summed E-state index contributed by atoms with van der Waals surface area (Å²) in [4.78, 5) is 32.5. The first kappa shape index (κ1) is 20.0. The topological polar surface area (TPSA) is 84.1 Å². The predicted octanol–water partition coefficient (Wildman–Crippen LogP) is 4.16. The number of ketones is 1. The van der Waals surface area contributed by atoms with E-state index in [-0.39, 0.29) is 18.3 Å². The quantitative estimate of drug-likeness (QED) is 0.620. The number of anilines is 1. The molecule has 0 saturated heterocycles. The van der Waals surface area contributed by atoms with Crippen molar-refractivity contribution >= 4 is 17.5 Å². The van der Waals surface area contributed by atoms with E-state index in [0.717, 1.165) is 46.5 Å². The van der Waals surface area contributed by atoms with Gasteiger partial charge in [-0.2, -0.15) is 0 Å². The molecule has 30 heavy (non-hydrogen) atoms. The van der Waals surface area contributed by atoms with E-state index >= 15 is 0 Å². The van der Waals surface area contributed by atoms with Crippen molar-refractivity contribution in [1.82, 2.24) is 9.97 Å². The third-order valence-electron chi connectivity index (χ3n) is 5.27. The third-order valence-corrected chi connectivity index (χ3v) is 5.27. The molecule has 2 heterocycles. The Kier molecular flexibility index (Phi) is 6.05. The van der Waals surface area contributed by atoms with Crippen molar-refractivity contribution in [1.29, 1.82) is 0 Å². The van der Waals surface area contributed by atoms with Gasteiger partial charge < -0.3 is 15.0 Å². The van der Waals surface area contributed by atoms with Crippen molar-refractivity contribution in [2.75, 3.05) is 18.5 Å². The minimum Gasteiger partial charge on any atom is -0.372 e. The number of fused-ring (bicyclic) bond motifs is 1. The van der Waals surface area contributed by atoms with Crippen molar-refractivity contribution < 1.29 is 14.3 Å². The number of hydrogen-bond donors (Lipinski definition) is 2. The van der Waals surface area contributed by atoms with E-state index in [9.17, 15) is 9.59 Å². The van der Waals surface area contributed by atoms with Gasteiger partial charge in [-0.3, -0.25) is 9.59 Å². The summed E-state index contributed by atoms with van der Waals surface area (Å²) in [6.07, 6.45) is 4.65. The highest BCUT2D eigenvalue weighted by Gasteiger charge is 2.26. The van der Waals surface area contributed by atoms with Crippen molar-refractivity contribution in [2.24, 2.45) is 0 Å². The molecule has 0 saturated carbocycles. The van der Waals surface area contributed by atoms with Crippen molar-refractivity contribution in [3.05, 3.63) is 71.0 Å². The number of hydrogen-bond acceptors (Lipinski definition) is 4. The molecule has 6 nitrogen and oxygen atoms in total. The summed E-state index contributed by atoms with van der Waals surface area (Å²) in [5.74, 6) is 0.415. The number of amides is 1. The molecule has 154 valence electrons.